The van der Waals surface area contributed by atoms with E-state index in [9.17, 15) is 9.59 Å². The fourth-order valence-corrected chi connectivity index (χ4v) is 4.61. The molecule has 6 nitrogen and oxygen atoms in total. The van der Waals surface area contributed by atoms with Gasteiger partial charge in [-0.15, -0.1) is 11.3 Å². The van der Waals surface area contributed by atoms with Crippen molar-refractivity contribution in [3.05, 3.63) is 28.1 Å². The van der Waals surface area contributed by atoms with Crippen molar-refractivity contribution in [2.75, 3.05) is 47.1 Å². The number of unbranched alkanes of at least 4 members (excludes halogenated alkanes) is 7. The molecule has 174 valence electrons. The Balaban J connectivity index is 2.06. The van der Waals surface area contributed by atoms with Gasteiger partial charge < -0.3 is 14.4 Å². The fraction of sp³-hybridized carbons (Fsp3) is 0.667. The minimum absolute atomic E-state index is 0.176. The molecule has 1 aliphatic rings. The molecule has 2 amide bonds. The molecule has 0 unspecified atom stereocenters. The summed E-state index contributed by atoms with van der Waals surface area (Å²) in [7, 11) is 3.28. The third kappa shape index (κ3) is 7.44. The van der Waals surface area contributed by atoms with Gasteiger partial charge >= 0.3 is 0 Å². The first-order valence-corrected chi connectivity index (χ1v) is 12.4. The van der Waals surface area contributed by atoms with Crippen molar-refractivity contribution in [1.29, 1.82) is 0 Å². The highest BCUT2D eigenvalue weighted by molar-refractivity contribution is 7.11. The fourth-order valence-electron chi connectivity index (χ4n) is 3.84. The van der Waals surface area contributed by atoms with E-state index in [2.05, 4.69) is 6.92 Å². The van der Waals surface area contributed by atoms with E-state index >= 15 is 0 Å². The number of methoxy groups -OCH3 is 2. The van der Waals surface area contributed by atoms with E-state index < -0.39 is 0 Å². The summed E-state index contributed by atoms with van der Waals surface area (Å²) >= 11 is 1.49. The second kappa shape index (κ2) is 14.4. The first kappa shape index (κ1) is 25.6. The van der Waals surface area contributed by atoms with Gasteiger partial charge in [-0.3, -0.25) is 14.5 Å². The minimum Gasteiger partial charge on any atom is -0.383 e. The Hall–Kier alpha value is -1.70. The molecule has 0 fully saturated rings. The third-order valence-corrected chi connectivity index (χ3v) is 6.48. The normalized spacial score (nSPS) is 14.2. The van der Waals surface area contributed by atoms with Gasteiger partial charge in [0.1, 0.15) is 5.70 Å². The summed E-state index contributed by atoms with van der Waals surface area (Å²) in [5.74, 6) is -0.367. The summed E-state index contributed by atoms with van der Waals surface area (Å²) in [6.45, 7) is 4.73. The molecule has 0 atom stereocenters. The Morgan fingerprint density at radius 2 is 1.52 bits per heavy atom. The van der Waals surface area contributed by atoms with Crippen molar-refractivity contribution in [2.45, 2.75) is 58.3 Å². The molecule has 31 heavy (non-hydrogen) atoms. The smallest absolute Gasteiger partial charge is 0.277 e. The first-order chi connectivity index (χ1) is 15.2. The second-order valence-electron chi connectivity index (χ2n) is 7.91. The number of imide groups is 1. The number of carbonyl (C=O) groups is 2. The third-order valence-electron chi connectivity index (χ3n) is 5.59. The van der Waals surface area contributed by atoms with Gasteiger partial charge in [-0.1, -0.05) is 57.9 Å². The number of hydrogen-bond donors (Lipinski definition) is 0. The van der Waals surface area contributed by atoms with Crippen LogP contribution in [0.3, 0.4) is 0 Å². The summed E-state index contributed by atoms with van der Waals surface area (Å²) in [6, 6.07) is 3.83. The number of carbonyl (C=O) groups excluding carboxylic acids is 2. The Morgan fingerprint density at radius 3 is 2.06 bits per heavy atom. The molecule has 1 aromatic rings. The van der Waals surface area contributed by atoms with E-state index in [1.807, 2.05) is 22.4 Å². The number of nitrogens with zero attached hydrogens (tertiary/aromatic N) is 2. The van der Waals surface area contributed by atoms with Crippen molar-refractivity contribution in [3.63, 3.8) is 0 Å². The van der Waals surface area contributed by atoms with Crippen LogP contribution in [0.2, 0.25) is 0 Å². The Labute approximate surface area is 191 Å². The zero-order valence-corrected chi connectivity index (χ0v) is 20.2. The van der Waals surface area contributed by atoms with Gasteiger partial charge in [0.15, 0.2) is 0 Å². The van der Waals surface area contributed by atoms with Gasteiger partial charge in [0, 0.05) is 38.7 Å². The van der Waals surface area contributed by atoms with Crippen LogP contribution in [-0.4, -0.2) is 68.7 Å². The zero-order valence-electron chi connectivity index (χ0n) is 19.4. The molecule has 7 heteroatoms. The van der Waals surface area contributed by atoms with Crippen LogP contribution in [0.4, 0.5) is 0 Å². The molecule has 0 saturated heterocycles. The lowest BCUT2D eigenvalue weighted by Gasteiger charge is -2.25. The van der Waals surface area contributed by atoms with Crippen molar-refractivity contribution < 1.29 is 19.1 Å². The average Bonchev–Trinajstić information content (AvgIpc) is 3.38. The van der Waals surface area contributed by atoms with Crippen molar-refractivity contribution >= 4 is 28.7 Å². The van der Waals surface area contributed by atoms with Crippen LogP contribution in [0.15, 0.2) is 23.2 Å². The van der Waals surface area contributed by atoms with Gasteiger partial charge in [-0.2, -0.15) is 0 Å². The average molecular weight is 451 g/mol. The molecular weight excluding hydrogens is 412 g/mol. The molecule has 0 aliphatic carbocycles. The van der Waals surface area contributed by atoms with E-state index in [4.69, 9.17) is 9.47 Å². The van der Waals surface area contributed by atoms with Crippen molar-refractivity contribution in [1.82, 2.24) is 9.80 Å². The maximum atomic E-state index is 13.4. The molecule has 2 rings (SSSR count). The number of thiophene rings is 1. The standard InChI is InChI=1S/C24H38N2O4S/c1-4-5-6-7-8-9-10-11-14-26-23(27)21(20-13-12-19-31-20)22(24(26)28)25(15-17-29-2)16-18-30-3/h12-13,19H,4-11,14-18H2,1-3H3. The SMILES string of the molecule is CCCCCCCCCCN1C(=O)C(c2cccs2)=C(N(CCOC)CCOC)C1=O. The molecule has 0 radical (unpaired) electrons. The summed E-state index contributed by atoms with van der Waals surface area (Å²) in [4.78, 5) is 30.9. The van der Waals surface area contributed by atoms with Crippen LogP contribution >= 0.6 is 11.3 Å². The highest BCUT2D eigenvalue weighted by atomic mass is 32.1. The lowest BCUT2D eigenvalue weighted by Crippen LogP contribution is -2.38. The summed E-state index contributed by atoms with van der Waals surface area (Å²) < 4.78 is 10.5. The molecule has 0 saturated carbocycles. The van der Waals surface area contributed by atoms with Gasteiger partial charge in [0.25, 0.3) is 11.8 Å². The van der Waals surface area contributed by atoms with Gasteiger partial charge in [-0.05, 0) is 17.9 Å². The topological polar surface area (TPSA) is 59.1 Å². The predicted octanol–water partition coefficient (Wildman–Crippen LogP) is 4.56. The van der Waals surface area contributed by atoms with Crippen LogP contribution < -0.4 is 0 Å². The van der Waals surface area contributed by atoms with E-state index in [0.717, 1.165) is 24.1 Å². The van der Waals surface area contributed by atoms with E-state index in [1.165, 1.54) is 48.3 Å². The number of ether oxygens (including phenoxy) is 2. The van der Waals surface area contributed by atoms with Crippen LogP contribution in [-0.2, 0) is 19.1 Å². The molecule has 1 aromatic heterocycles. The van der Waals surface area contributed by atoms with Crippen LogP contribution in [0.25, 0.3) is 5.57 Å². The molecule has 0 bridgehead atoms. The lowest BCUT2D eigenvalue weighted by atomic mass is 10.1. The quantitative estimate of drug-likeness (QED) is 0.257. The van der Waals surface area contributed by atoms with Crippen LogP contribution in [0, 0.1) is 0 Å². The largest absolute Gasteiger partial charge is 0.383 e. The maximum absolute atomic E-state index is 13.4. The van der Waals surface area contributed by atoms with E-state index in [0.29, 0.717) is 44.1 Å². The lowest BCUT2D eigenvalue weighted by molar-refractivity contribution is -0.137. The summed E-state index contributed by atoms with van der Waals surface area (Å²) in [5.41, 5.74) is 1.01. The molecule has 2 heterocycles. The Bertz CT molecular complexity index is 694. The first-order valence-electron chi connectivity index (χ1n) is 11.5. The molecule has 0 N–H and O–H groups in total. The van der Waals surface area contributed by atoms with E-state index in [-0.39, 0.29) is 11.8 Å². The highest BCUT2D eigenvalue weighted by Crippen LogP contribution is 2.34. The van der Waals surface area contributed by atoms with Gasteiger partial charge in [0.05, 0.1) is 18.8 Å². The van der Waals surface area contributed by atoms with Crippen molar-refractivity contribution in [2.24, 2.45) is 0 Å². The zero-order chi connectivity index (χ0) is 22.5. The summed E-state index contributed by atoms with van der Waals surface area (Å²) in [5, 5.41) is 1.94. The Kier molecular flexibility index (Phi) is 11.9. The van der Waals surface area contributed by atoms with Crippen molar-refractivity contribution in [3.8, 4) is 0 Å². The molecular formula is C24H38N2O4S. The van der Waals surface area contributed by atoms with Crippen LogP contribution in [0.5, 0.6) is 0 Å². The minimum atomic E-state index is -0.191. The summed E-state index contributed by atoms with van der Waals surface area (Å²) in [6.07, 6.45) is 9.43. The van der Waals surface area contributed by atoms with E-state index in [1.54, 1.807) is 14.2 Å². The number of amides is 2. The van der Waals surface area contributed by atoms with Crippen LogP contribution in [0.1, 0.15) is 63.2 Å². The monoisotopic (exact) mass is 450 g/mol. The second-order valence-corrected chi connectivity index (χ2v) is 8.86. The molecule has 0 aromatic carbocycles. The Morgan fingerprint density at radius 1 is 0.903 bits per heavy atom. The van der Waals surface area contributed by atoms with Gasteiger partial charge in [-0.25, -0.2) is 0 Å². The maximum Gasteiger partial charge on any atom is 0.277 e. The highest BCUT2D eigenvalue weighted by Gasteiger charge is 2.41. The number of hydrogen-bond acceptors (Lipinski definition) is 6. The number of rotatable bonds is 17. The predicted molar refractivity (Wildman–Crippen MR) is 126 cm³/mol. The molecule has 0 spiro atoms. The molecule has 1 aliphatic heterocycles. The van der Waals surface area contributed by atoms with Gasteiger partial charge in [0.2, 0.25) is 0 Å².